The molecule has 1 aromatic heterocycles. The normalized spacial score (nSPS) is 11.2. The van der Waals surface area contributed by atoms with Crippen LogP contribution in [0.5, 0.6) is 0 Å². The molecule has 1 aromatic carbocycles. The lowest BCUT2D eigenvalue weighted by Gasteiger charge is -2.20. The molecule has 0 spiro atoms. The van der Waals surface area contributed by atoms with Crippen LogP contribution in [0.2, 0.25) is 0 Å². The molecule has 7 heteroatoms. The quantitative estimate of drug-likeness (QED) is 0.726. The largest absolute Gasteiger partial charge is 0.399 e. The third-order valence-electron chi connectivity index (χ3n) is 2.95. The highest BCUT2D eigenvalue weighted by Gasteiger charge is 2.21. The molecule has 0 unspecified atom stereocenters. The number of nitrogens with zero attached hydrogens (tertiary/aromatic N) is 1. The number of anilines is 1. The molecule has 0 aliphatic heterocycles. The van der Waals surface area contributed by atoms with Crippen LogP contribution in [0.1, 0.15) is 10.4 Å². The van der Waals surface area contributed by atoms with E-state index in [0.29, 0.717) is 16.6 Å². The molecule has 4 N–H and O–H groups in total. The molecule has 1 amide bonds. The number of nitrogens with two attached hydrogens (primary N) is 1. The van der Waals surface area contributed by atoms with Crippen LogP contribution in [-0.2, 0) is 0 Å². The Hall–Kier alpha value is -2.15. The summed E-state index contributed by atoms with van der Waals surface area (Å²) in [6.45, 7) is -1.23. The van der Waals surface area contributed by atoms with Crippen LogP contribution in [0.3, 0.4) is 0 Å². The van der Waals surface area contributed by atoms with Crippen molar-refractivity contribution in [2.75, 3.05) is 25.4 Å². The number of carbonyl (C=O) groups is 1. The SMILES string of the molecule is Nc1ccc2[nH]cc(C(=O)N(CCO)CC(F)F)c2c1. The molecule has 1 heterocycles. The number of aromatic nitrogens is 1. The van der Waals surface area contributed by atoms with E-state index in [0.717, 1.165) is 4.90 Å². The predicted octanol–water partition coefficient (Wildman–Crippen LogP) is 1.45. The first-order valence-electron chi connectivity index (χ1n) is 6.08. The number of amides is 1. The van der Waals surface area contributed by atoms with Gasteiger partial charge in [0.25, 0.3) is 12.3 Å². The van der Waals surface area contributed by atoms with Crippen LogP contribution in [-0.4, -0.2) is 47.0 Å². The maximum Gasteiger partial charge on any atom is 0.256 e. The van der Waals surface area contributed by atoms with E-state index >= 15 is 0 Å². The number of H-pyrrole nitrogens is 1. The summed E-state index contributed by atoms with van der Waals surface area (Å²) < 4.78 is 25.0. The minimum atomic E-state index is -2.65. The van der Waals surface area contributed by atoms with Gasteiger partial charge in [-0.1, -0.05) is 0 Å². The van der Waals surface area contributed by atoms with Gasteiger partial charge in [0, 0.05) is 29.3 Å². The first kappa shape index (κ1) is 14.3. The van der Waals surface area contributed by atoms with Gasteiger partial charge in [0.05, 0.1) is 18.7 Å². The monoisotopic (exact) mass is 283 g/mol. The lowest BCUT2D eigenvalue weighted by atomic mass is 10.1. The Morgan fingerprint density at radius 2 is 2.20 bits per heavy atom. The number of benzene rings is 1. The van der Waals surface area contributed by atoms with Crippen molar-refractivity contribution in [1.29, 1.82) is 0 Å². The molecule has 108 valence electrons. The standard InChI is InChI=1S/C13H15F2N3O2/c14-12(15)7-18(3-4-19)13(20)10-6-17-11-2-1-8(16)5-9(10)11/h1-2,5-6,12,17,19H,3-4,7,16H2. The third-order valence-corrected chi connectivity index (χ3v) is 2.95. The maximum absolute atomic E-state index is 12.5. The lowest BCUT2D eigenvalue weighted by molar-refractivity contribution is 0.0511. The van der Waals surface area contributed by atoms with Crippen LogP contribution < -0.4 is 5.73 Å². The van der Waals surface area contributed by atoms with E-state index in [1.54, 1.807) is 18.2 Å². The maximum atomic E-state index is 12.5. The van der Waals surface area contributed by atoms with E-state index in [1.165, 1.54) is 6.20 Å². The average Bonchev–Trinajstić information content (AvgIpc) is 2.79. The number of aliphatic hydroxyl groups excluding tert-OH is 1. The highest BCUT2D eigenvalue weighted by atomic mass is 19.3. The Kier molecular flexibility index (Phi) is 4.19. The van der Waals surface area contributed by atoms with E-state index < -0.39 is 18.9 Å². The van der Waals surface area contributed by atoms with Gasteiger partial charge in [-0.05, 0) is 18.2 Å². The van der Waals surface area contributed by atoms with Crippen molar-refractivity contribution in [2.24, 2.45) is 0 Å². The minimum Gasteiger partial charge on any atom is -0.399 e. The summed E-state index contributed by atoms with van der Waals surface area (Å²) in [6.07, 6.45) is -1.19. The Bertz CT molecular complexity index is 613. The van der Waals surface area contributed by atoms with Crippen molar-refractivity contribution < 1.29 is 18.7 Å². The number of nitrogen functional groups attached to an aromatic ring is 1. The van der Waals surface area contributed by atoms with E-state index in [2.05, 4.69) is 4.98 Å². The van der Waals surface area contributed by atoms with Crippen molar-refractivity contribution in [3.8, 4) is 0 Å². The zero-order valence-corrected chi connectivity index (χ0v) is 10.6. The van der Waals surface area contributed by atoms with E-state index in [9.17, 15) is 13.6 Å². The van der Waals surface area contributed by atoms with E-state index in [-0.39, 0.29) is 18.7 Å². The summed E-state index contributed by atoms with van der Waals surface area (Å²) in [5.41, 5.74) is 7.11. The van der Waals surface area contributed by atoms with Gasteiger partial charge in [-0.25, -0.2) is 8.78 Å². The molecule has 0 bridgehead atoms. The van der Waals surface area contributed by atoms with Crippen LogP contribution in [0.25, 0.3) is 10.9 Å². The fourth-order valence-corrected chi connectivity index (χ4v) is 2.05. The fourth-order valence-electron chi connectivity index (χ4n) is 2.05. The first-order chi connectivity index (χ1) is 9.52. The van der Waals surface area contributed by atoms with E-state index in [1.807, 2.05) is 0 Å². The molecule has 0 aliphatic carbocycles. The molecule has 0 radical (unpaired) electrons. The molecule has 0 saturated carbocycles. The smallest absolute Gasteiger partial charge is 0.256 e. The lowest BCUT2D eigenvalue weighted by Crippen LogP contribution is -2.37. The Labute approximate surface area is 114 Å². The van der Waals surface area contributed by atoms with Gasteiger partial charge in [-0.15, -0.1) is 0 Å². The summed E-state index contributed by atoms with van der Waals surface area (Å²) in [5, 5.41) is 9.46. The molecular weight excluding hydrogens is 268 g/mol. The summed E-state index contributed by atoms with van der Waals surface area (Å²) in [6, 6.07) is 5.00. The van der Waals surface area contributed by atoms with Crippen LogP contribution >= 0.6 is 0 Å². The number of halogens is 2. The highest BCUT2D eigenvalue weighted by Crippen LogP contribution is 2.22. The van der Waals surface area contributed by atoms with Gasteiger partial charge >= 0.3 is 0 Å². The van der Waals surface area contributed by atoms with Gasteiger partial charge in [0.2, 0.25) is 0 Å². The molecule has 0 atom stereocenters. The second-order valence-corrected chi connectivity index (χ2v) is 4.37. The summed E-state index contributed by atoms with van der Waals surface area (Å²) in [7, 11) is 0. The molecular formula is C13H15F2N3O2. The Balaban J connectivity index is 2.35. The van der Waals surface area contributed by atoms with Crippen molar-refractivity contribution in [2.45, 2.75) is 6.43 Å². The van der Waals surface area contributed by atoms with Crippen LogP contribution in [0, 0.1) is 0 Å². The summed E-state index contributed by atoms with van der Waals surface area (Å²) in [4.78, 5) is 16.1. The topological polar surface area (TPSA) is 82.4 Å². The number of rotatable bonds is 5. The zero-order valence-electron chi connectivity index (χ0n) is 10.6. The number of aromatic amines is 1. The second kappa shape index (κ2) is 5.87. The number of aliphatic hydroxyl groups is 1. The molecule has 2 aromatic rings. The summed E-state index contributed by atoms with van der Waals surface area (Å²) >= 11 is 0. The second-order valence-electron chi connectivity index (χ2n) is 4.37. The van der Waals surface area contributed by atoms with Crippen LogP contribution in [0.4, 0.5) is 14.5 Å². The van der Waals surface area contributed by atoms with Crippen molar-refractivity contribution >= 4 is 22.5 Å². The number of carbonyl (C=O) groups excluding carboxylic acids is 1. The number of alkyl halides is 2. The number of hydrogen-bond donors (Lipinski definition) is 3. The number of hydrogen-bond acceptors (Lipinski definition) is 3. The first-order valence-corrected chi connectivity index (χ1v) is 6.08. The predicted molar refractivity (Wildman–Crippen MR) is 71.7 cm³/mol. The number of nitrogens with one attached hydrogen (secondary N) is 1. The average molecular weight is 283 g/mol. The van der Waals surface area contributed by atoms with Gasteiger partial charge in [0.15, 0.2) is 0 Å². The third kappa shape index (κ3) is 2.88. The molecule has 0 aliphatic rings. The van der Waals surface area contributed by atoms with Crippen molar-refractivity contribution in [1.82, 2.24) is 9.88 Å². The molecule has 5 nitrogen and oxygen atoms in total. The Morgan fingerprint density at radius 3 is 2.85 bits per heavy atom. The zero-order chi connectivity index (χ0) is 14.7. The Morgan fingerprint density at radius 1 is 1.45 bits per heavy atom. The molecule has 2 rings (SSSR count). The fraction of sp³-hybridized carbons (Fsp3) is 0.308. The number of fused-ring (bicyclic) bond motifs is 1. The van der Waals surface area contributed by atoms with Gasteiger partial charge in [0.1, 0.15) is 0 Å². The molecule has 0 fully saturated rings. The van der Waals surface area contributed by atoms with Crippen LogP contribution in [0.15, 0.2) is 24.4 Å². The molecule has 20 heavy (non-hydrogen) atoms. The summed E-state index contributed by atoms with van der Waals surface area (Å²) in [5.74, 6) is -0.559. The van der Waals surface area contributed by atoms with Gasteiger partial charge < -0.3 is 20.7 Å². The minimum absolute atomic E-state index is 0.141. The van der Waals surface area contributed by atoms with Gasteiger partial charge in [-0.2, -0.15) is 0 Å². The van der Waals surface area contributed by atoms with Crippen molar-refractivity contribution in [3.63, 3.8) is 0 Å². The van der Waals surface area contributed by atoms with Gasteiger partial charge in [-0.3, -0.25) is 4.79 Å². The molecule has 0 saturated heterocycles. The van der Waals surface area contributed by atoms with E-state index in [4.69, 9.17) is 10.8 Å². The van der Waals surface area contributed by atoms with Crippen molar-refractivity contribution in [3.05, 3.63) is 30.0 Å². The highest BCUT2D eigenvalue weighted by molar-refractivity contribution is 6.07.